The van der Waals surface area contributed by atoms with E-state index < -0.39 is 0 Å². The molecular weight excluding hydrogens is 380 g/mol. The Hall–Kier alpha value is -3.05. The third-order valence-corrected chi connectivity index (χ3v) is 6.21. The molecule has 2 amide bonds. The van der Waals surface area contributed by atoms with Crippen molar-refractivity contribution in [3.63, 3.8) is 0 Å². The maximum absolute atomic E-state index is 12.7. The third-order valence-electron chi connectivity index (χ3n) is 5.00. The number of carbonyl (C=O) groups is 2. The van der Waals surface area contributed by atoms with E-state index in [0.717, 1.165) is 28.1 Å². The number of thioether (sulfide) groups is 1. The quantitative estimate of drug-likeness (QED) is 0.641. The molecule has 1 aliphatic heterocycles. The number of amides is 2. The van der Waals surface area contributed by atoms with E-state index in [2.05, 4.69) is 5.32 Å². The molecule has 1 aliphatic rings. The van der Waals surface area contributed by atoms with E-state index >= 15 is 0 Å². The van der Waals surface area contributed by atoms with Crippen molar-refractivity contribution in [3.05, 3.63) is 95.1 Å². The zero-order valence-corrected chi connectivity index (χ0v) is 17.2. The molecule has 0 radical (unpaired) electrons. The number of nitrogens with zero attached hydrogens (tertiary/aromatic N) is 1. The molecule has 0 aliphatic carbocycles. The molecule has 1 fully saturated rings. The van der Waals surface area contributed by atoms with Crippen molar-refractivity contribution < 1.29 is 9.59 Å². The first-order valence-electron chi connectivity index (χ1n) is 9.50. The summed E-state index contributed by atoms with van der Waals surface area (Å²) >= 11 is 1.60. The SMILES string of the molecule is Cc1ccc(N2C(=O)CS[C@@H]2c2cccc(NC(=O)c3ccccc3C)c2)cc1. The van der Waals surface area contributed by atoms with E-state index in [1.54, 1.807) is 11.8 Å². The van der Waals surface area contributed by atoms with E-state index in [-0.39, 0.29) is 17.2 Å². The minimum absolute atomic E-state index is 0.0956. The zero-order valence-electron chi connectivity index (χ0n) is 16.4. The number of carbonyl (C=O) groups excluding carboxylic acids is 2. The lowest BCUT2D eigenvalue weighted by atomic mass is 10.1. The Morgan fingerprint density at radius 3 is 2.52 bits per heavy atom. The molecule has 5 heteroatoms. The van der Waals surface area contributed by atoms with Crippen molar-refractivity contribution in [2.24, 2.45) is 0 Å². The summed E-state index contributed by atoms with van der Waals surface area (Å²) in [6.07, 6.45) is 0. The van der Waals surface area contributed by atoms with E-state index in [0.29, 0.717) is 11.3 Å². The summed E-state index contributed by atoms with van der Waals surface area (Å²) in [7, 11) is 0. The molecule has 0 bridgehead atoms. The largest absolute Gasteiger partial charge is 0.322 e. The minimum Gasteiger partial charge on any atom is -0.322 e. The minimum atomic E-state index is -0.134. The van der Waals surface area contributed by atoms with Gasteiger partial charge in [0.15, 0.2) is 0 Å². The van der Waals surface area contributed by atoms with Gasteiger partial charge in [-0.05, 0) is 55.3 Å². The molecule has 146 valence electrons. The van der Waals surface area contributed by atoms with Gasteiger partial charge in [-0.2, -0.15) is 0 Å². The lowest BCUT2D eigenvalue weighted by molar-refractivity contribution is -0.115. The predicted molar refractivity (Wildman–Crippen MR) is 119 cm³/mol. The summed E-state index contributed by atoms with van der Waals surface area (Å²) in [6.45, 7) is 3.95. The van der Waals surface area contributed by atoms with Gasteiger partial charge in [-0.1, -0.05) is 48.0 Å². The molecule has 1 heterocycles. The van der Waals surface area contributed by atoms with Gasteiger partial charge in [-0.3, -0.25) is 14.5 Å². The maximum atomic E-state index is 12.7. The van der Waals surface area contributed by atoms with Crippen LogP contribution in [0.4, 0.5) is 11.4 Å². The van der Waals surface area contributed by atoms with Gasteiger partial charge in [0, 0.05) is 16.9 Å². The van der Waals surface area contributed by atoms with Crippen LogP contribution in [0.3, 0.4) is 0 Å². The number of hydrogen-bond donors (Lipinski definition) is 1. The van der Waals surface area contributed by atoms with Crippen LogP contribution in [0.2, 0.25) is 0 Å². The first-order valence-corrected chi connectivity index (χ1v) is 10.5. The normalized spacial score (nSPS) is 16.1. The Labute approximate surface area is 174 Å². The van der Waals surface area contributed by atoms with Crippen molar-refractivity contribution in [1.29, 1.82) is 0 Å². The van der Waals surface area contributed by atoms with Crippen LogP contribution in [-0.2, 0) is 4.79 Å². The number of nitrogens with one attached hydrogen (secondary N) is 1. The molecule has 0 saturated carbocycles. The average molecular weight is 403 g/mol. The van der Waals surface area contributed by atoms with Crippen molar-refractivity contribution in [1.82, 2.24) is 0 Å². The smallest absolute Gasteiger partial charge is 0.255 e. The highest BCUT2D eigenvalue weighted by molar-refractivity contribution is 8.00. The Bertz CT molecular complexity index is 1060. The van der Waals surface area contributed by atoms with E-state index in [9.17, 15) is 9.59 Å². The van der Waals surface area contributed by atoms with Gasteiger partial charge in [-0.25, -0.2) is 0 Å². The molecular formula is C24H22N2O2S. The lowest BCUT2D eigenvalue weighted by Crippen LogP contribution is -2.27. The summed E-state index contributed by atoms with van der Waals surface area (Å²) < 4.78 is 0. The van der Waals surface area contributed by atoms with Crippen LogP contribution in [0, 0.1) is 13.8 Å². The molecule has 1 atom stereocenters. The highest BCUT2D eigenvalue weighted by Gasteiger charge is 2.34. The zero-order chi connectivity index (χ0) is 20.4. The van der Waals surface area contributed by atoms with Crippen LogP contribution in [-0.4, -0.2) is 17.6 Å². The van der Waals surface area contributed by atoms with Gasteiger partial charge < -0.3 is 5.32 Å². The standard InChI is InChI=1S/C24H22N2O2S/c1-16-10-12-20(13-11-16)26-22(27)15-29-24(26)18-7-5-8-19(14-18)25-23(28)21-9-4-3-6-17(21)2/h3-14,24H,15H2,1-2H3,(H,25,28)/t24-/m1/s1. The predicted octanol–water partition coefficient (Wildman–Crippen LogP) is 5.33. The van der Waals surface area contributed by atoms with E-state index in [4.69, 9.17) is 0 Å². The van der Waals surface area contributed by atoms with Crippen LogP contribution in [0.25, 0.3) is 0 Å². The number of rotatable bonds is 4. The molecule has 0 spiro atoms. The molecule has 0 unspecified atom stereocenters. The highest BCUT2D eigenvalue weighted by Crippen LogP contribution is 2.42. The van der Waals surface area contributed by atoms with Crippen molar-refractivity contribution >= 4 is 35.0 Å². The van der Waals surface area contributed by atoms with Crippen LogP contribution >= 0.6 is 11.8 Å². The summed E-state index contributed by atoms with van der Waals surface area (Å²) in [4.78, 5) is 27.1. The Morgan fingerprint density at radius 1 is 1.00 bits per heavy atom. The second kappa shape index (κ2) is 8.13. The molecule has 3 aromatic rings. The molecule has 3 aromatic carbocycles. The second-order valence-corrected chi connectivity index (χ2v) is 8.23. The highest BCUT2D eigenvalue weighted by atomic mass is 32.2. The third kappa shape index (κ3) is 4.05. The van der Waals surface area contributed by atoms with Gasteiger partial charge >= 0.3 is 0 Å². The summed E-state index contributed by atoms with van der Waals surface area (Å²) in [5, 5.41) is 2.87. The van der Waals surface area contributed by atoms with E-state index in [1.807, 2.05) is 91.5 Å². The fraction of sp³-hybridized carbons (Fsp3) is 0.167. The molecule has 29 heavy (non-hydrogen) atoms. The van der Waals surface area contributed by atoms with Gasteiger partial charge in [0.1, 0.15) is 5.37 Å². The molecule has 4 nitrogen and oxygen atoms in total. The van der Waals surface area contributed by atoms with Crippen molar-refractivity contribution in [3.8, 4) is 0 Å². The van der Waals surface area contributed by atoms with Crippen molar-refractivity contribution in [2.75, 3.05) is 16.0 Å². The van der Waals surface area contributed by atoms with Gasteiger partial charge in [-0.15, -0.1) is 11.8 Å². The lowest BCUT2D eigenvalue weighted by Gasteiger charge is -2.25. The Morgan fingerprint density at radius 2 is 1.76 bits per heavy atom. The first kappa shape index (κ1) is 19.3. The van der Waals surface area contributed by atoms with Crippen LogP contribution in [0.15, 0.2) is 72.8 Å². The van der Waals surface area contributed by atoms with Crippen molar-refractivity contribution in [2.45, 2.75) is 19.2 Å². The van der Waals surface area contributed by atoms with Gasteiger partial charge in [0.25, 0.3) is 5.91 Å². The van der Waals surface area contributed by atoms with Crippen LogP contribution in [0.1, 0.15) is 32.4 Å². The Kier molecular flexibility index (Phi) is 5.41. The fourth-order valence-electron chi connectivity index (χ4n) is 3.45. The summed E-state index contributed by atoms with van der Waals surface area (Å²) in [5.74, 6) is 0.405. The summed E-state index contributed by atoms with van der Waals surface area (Å²) in [5.41, 5.74) is 5.35. The molecule has 1 N–H and O–H groups in total. The van der Waals surface area contributed by atoms with Gasteiger partial charge in [0.2, 0.25) is 5.91 Å². The number of hydrogen-bond acceptors (Lipinski definition) is 3. The summed E-state index contributed by atoms with van der Waals surface area (Å²) in [6, 6.07) is 23.3. The monoisotopic (exact) mass is 402 g/mol. The number of benzene rings is 3. The maximum Gasteiger partial charge on any atom is 0.255 e. The Balaban J connectivity index is 1.59. The number of anilines is 2. The van der Waals surface area contributed by atoms with Crippen LogP contribution in [0.5, 0.6) is 0 Å². The number of aryl methyl sites for hydroxylation is 2. The van der Waals surface area contributed by atoms with Gasteiger partial charge in [0.05, 0.1) is 5.75 Å². The van der Waals surface area contributed by atoms with Crippen LogP contribution < -0.4 is 10.2 Å². The average Bonchev–Trinajstić information content (AvgIpc) is 3.10. The second-order valence-electron chi connectivity index (χ2n) is 7.16. The molecule has 1 saturated heterocycles. The topological polar surface area (TPSA) is 49.4 Å². The first-order chi connectivity index (χ1) is 14.0. The van der Waals surface area contributed by atoms with E-state index in [1.165, 1.54) is 0 Å². The molecule has 0 aromatic heterocycles. The molecule has 4 rings (SSSR count). The fourth-order valence-corrected chi connectivity index (χ4v) is 4.62.